The second kappa shape index (κ2) is 6.72. The molecule has 7 nitrogen and oxygen atoms in total. The van der Waals surface area contributed by atoms with Crippen LogP contribution in [0.1, 0.15) is 22.6 Å². The molecule has 3 N–H and O–H groups in total. The van der Waals surface area contributed by atoms with E-state index in [1.54, 1.807) is 24.6 Å². The molecule has 2 aromatic rings. The predicted molar refractivity (Wildman–Crippen MR) is 82.0 cm³/mol. The Bertz CT molecular complexity index is 718. The van der Waals surface area contributed by atoms with Crippen LogP contribution >= 0.6 is 27.3 Å². The van der Waals surface area contributed by atoms with Crippen LogP contribution in [0, 0.1) is 6.92 Å². The van der Waals surface area contributed by atoms with E-state index in [1.165, 1.54) is 4.57 Å². The normalized spacial score (nSPS) is 10.4. The van der Waals surface area contributed by atoms with Crippen molar-refractivity contribution in [3.63, 3.8) is 0 Å². The molecule has 2 rings (SSSR count). The lowest BCUT2D eigenvalue weighted by atomic mass is 10.4. The number of rotatable bonds is 4. The van der Waals surface area contributed by atoms with E-state index in [9.17, 15) is 14.4 Å². The maximum Gasteiger partial charge on any atom is 0.307 e. The summed E-state index contributed by atoms with van der Waals surface area (Å²) in [5.74, 6) is -0.815. The summed E-state index contributed by atoms with van der Waals surface area (Å²) in [5, 5.41) is 1.74. The number of hydrogen-bond acceptors (Lipinski definition) is 4. The fourth-order valence-corrected chi connectivity index (χ4v) is 2.75. The van der Waals surface area contributed by atoms with Crippen LogP contribution in [0.15, 0.2) is 26.9 Å². The van der Waals surface area contributed by atoms with E-state index >= 15 is 0 Å². The summed E-state index contributed by atoms with van der Waals surface area (Å²) < 4.78 is 2.26. The van der Waals surface area contributed by atoms with Crippen molar-refractivity contribution in [2.45, 2.75) is 19.9 Å². The summed E-state index contributed by atoms with van der Waals surface area (Å²) in [7, 11) is 0. The van der Waals surface area contributed by atoms with Crippen LogP contribution in [0.3, 0.4) is 0 Å². The monoisotopic (exact) mass is 372 g/mol. The van der Waals surface area contributed by atoms with Crippen LogP contribution in [-0.2, 0) is 11.3 Å². The highest BCUT2D eigenvalue weighted by Crippen LogP contribution is 2.09. The number of nitrogens with one attached hydrogen (secondary N) is 3. The molecule has 2 aromatic heterocycles. The molecule has 112 valence electrons. The highest BCUT2D eigenvalue weighted by atomic mass is 79.9. The number of hydrogen-bond donors (Lipinski definition) is 3. The molecular weight excluding hydrogens is 360 g/mol. The Morgan fingerprint density at radius 3 is 2.76 bits per heavy atom. The summed E-state index contributed by atoms with van der Waals surface area (Å²) in [6, 6.07) is 1.59. The summed E-state index contributed by atoms with van der Waals surface area (Å²) in [4.78, 5) is 37.4. The minimum Gasteiger partial charge on any atom is -0.356 e. The SMILES string of the molecule is Cc1csc(=O)n1CCC(=O)NNC(=O)c1cc(Br)c[nH]1. The molecule has 0 aliphatic rings. The van der Waals surface area contributed by atoms with Crippen molar-refractivity contribution in [2.24, 2.45) is 0 Å². The molecule has 0 fully saturated rings. The number of thiazole rings is 1. The fraction of sp³-hybridized carbons (Fsp3) is 0.250. The number of nitrogens with zero attached hydrogens (tertiary/aromatic N) is 1. The van der Waals surface area contributed by atoms with Gasteiger partial charge in [0.05, 0.1) is 0 Å². The van der Waals surface area contributed by atoms with Crippen molar-refractivity contribution >= 4 is 39.1 Å². The number of carbonyl (C=O) groups is 2. The van der Waals surface area contributed by atoms with E-state index in [1.807, 2.05) is 0 Å². The van der Waals surface area contributed by atoms with E-state index in [-0.39, 0.29) is 23.7 Å². The molecule has 0 aliphatic carbocycles. The number of carbonyl (C=O) groups excluding carboxylic acids is 2. The van der Waals surface area contributed by atoms with Crippen molar-refractivity contribution in [2.75, 3.05) is 0 Å². The lowest BCUT2D eigenvalue weighted by molar-refractivity contribution is -0.122. The van der Waals surface area contributed by atoms with Gasteiger partial charge in [0.15, 0.2) is 0 Å². The lowest BCUT2D eigenvalue weighted by Gasteiger charge is -2.07. The van der Waals surface area contributed by atoms with Gasteiger partial charge in [0, 0.05) is 34.7 Å². The minimum atomic E-state index is -0.446. The summed E-state index contributed by atoms with van der Waals surface area (Å²) in [5.41, 5.74) is 5.75. The molecule has 0 bridgehead atoms. The highest BCUT2D eigenvalue weighted by Gasteiger charge is 2.10. The average molecular weight is 373 g/mol. The molecule has 0 atom stereocenters. The van der Waals surface area contributed by atoms with Crippen LogP contribution in [0.5, 0.6) is 0 Å². The lowest BCUT2D eigenvalue weighted by Crippen LogP contribution is -2.42. The first-order valence-electron chi connectivity index (χ1n) is 6.05. The standard InChI is InChI=1S/C12H13BrN4O3S/c1-7-6-21-12(20)17(7)3-2-10(18)15-16-11(19)9-4-8(13)5-14-9/h4-6,14H,2-3H2,1H3,(H,15,18)(H,16,19). The molecular formula is C12H13BrN4O3S. The van der Waals surface area contributed by atoms with Gasteiger partial charge in [-0.15, -0.1) is 0 Å². The number of hydrazine groups is 1. The number of aryl methyl sites for hydroxylation is 1. The first kappa shape index (κ1) is 15.5. The van der Waals surface area contributed by atoms with Gasteiger partial charge in [-0.3, -0.25) is 25.2 Å². The van der Waals surface area contributed by atoms with Gasteiger partial charge < -0.3 is 9.55 Å². The Morgan fingerprint density at radius 2 is 2.19 bits per heavy atom. The fourth-order valence-electron chi connectivity index (χ4n) is 1.64. The predicted octanol–water partition coefficient (Wildman–Crippen LogP) is 1.16. The smallest absolute Gasteiger partial charge is 0.307 e. The molecule has 0 spiro atoms. The number of aromatic amines is 1. The Balaban J connectivity index is 1.80. The molecule has 0 unspecified atom stereocenters. The molecule has 9 heteroatoms. The van der Waals surface area contributed by atoms with Crippen molar-refractivity contribution < 1.29 is 9.59 Å². The quantitative estimate of drug-likeness (QED) is 0.702. The van der Waals surface area contributed by atoms with Gasteiger partial charge in [-0.05, 0) is 28.9 Å². The summed E-state index contributed by atoms with van der Waals surface area (Å²) in [6.07, 6.45) is 1.72. The zero-order valence-corrected chi connectivity index (χ0v) is 13.5. The molecule has 21 heavy (non-hydrogen) atoms. The van der Waals surface area contributed by atoms with Gasteiger partial charge in [-0.1, -0.05) is 11.3 Å². The number of aromatic nitrogens is 2. The maximum absolute atomic E-state index is 11.7. The Labute approximate surface area is 132 Å². The maximum atomic E-state index is 11.7. The Kier molecular flexibility index (Phi) is 4.97. The molecule has 2 amide bonds. The highest BCUT2D eigenvalue weighted by molar-refractivity contribution is 9.10. The zero-order valence-electron chi connectivity index (χ0n) is 11.1. The molecule has 0 aromatic carbocycles. The van der Waals surface area contributed by atoms with Crippen LogP contribution in [-0.4, -0.2) is 21.4 Å². The number of amides is 2. The van der Waals surface area contributed by atoms with Crippen molar-refractivity contribution in [3.05, 3.63) is 43.2 Å². The van der Waals surface area contributed by atoms with Gasteiger partial charge >= 0.3 is 4.87 Å². The van der Waals surface area contributed by atoms with Crippen LogP contribution in [0.2, 0.25) is 0 Å². The Hall–Kier alpha value is -1.87. The van der Waals surface area contributed by atoms with Gasteiger partial charge in [-0.25, -0.2) is 0 Å². The molecule has 0 aliphatic heterocycles. The second-order valence-corrected chi connectivity index (χ2v) is 6.01. The van der Waals surface area contributed by atoms with E-state index < -0.39 is 5.91 Å². The average Bonchev–Trinajstić information content (AvgIpc) is 3.01. The van der Waals surface area contributed by atoms with Crippen LogP contribution in [0.4, 0.5) is 0 Å². The summed E-state index contributed by atoms with van der Waals surface area (Å²) in [6.45, 7) is 2.09. The molecule has 0 radical (unpaired) electrons. The van der Waals surface area contributed by atoms with Crippen molar-refractivity contribution in [1.29, 1.82) is 0 Å². The van der Waals surface area contributed by atoms with E-state index in [0.29, 0.717) is 5.69 Å². The van der Waals surface area contributed by atoms with E-state index in [0.717, 1.165) is 21.5 Å². The third-order valence-electron chi connectivity index (χ3n) is 2.75. The van der Waals surface area contributed by atoms with Gasteiger partial charge in [-0.2, -0.15) is 0 Å². The van der Waals surface area contributed by atoms with Gasteiger partial charge in [0.25, 0.3) is 5.91 Å². The van der Waals surface area contributed by atoms with Crippen LogP contribution in [0.25, 0.3) is 0 Å². The number of H-pyrrole nitrogens is 1. The van der Waals surface area contributed by atoms with Crippen molar-refractivity contribution in [3.8, 4) is 0 Å². The van der Waals surface area contributed by atoms with Crippen LogP contribution < -0.4 is 15.7 Å². The van der Waals surface area contributed by atoms with Crippen molar-refractivity contribution in [1.82, 2.24) is 20.4 Å². The molecule has 2 heterocycles. The minimum absolute atomic E-state index is 0.0967. The molecule has 0 saturated heterocycles. The first-order chi connectivity index (χ1) is 9.97. The van der Waals surface area contributed by atoms with Gasteiger partial charge in [0.2, 0.25) is 5.91 Å². The topological polar surface area (TPSA) is 96.0 Å². The first-order valence-corrected chi connectivity index (χ1v) is 7.72. The largest absolute Gasteiger partial charge is 0.356 e. The van der Waals surface area contributed by atoms with E-state index in [4.69, 9.17) is 0 Å². The zero-order chi connectivity index (χ0) is 15.4. The molecule has 0 saturated carbocycles. The third kappa shape index (κ3) is 4.05. The number of halogens is 1. The third-order valence-corrected chi connectivity index (χ3v) is 4.09. The van der Waals surface area contributed by atoms with E-state index in [2.05, 4.69) is 31.8 Å². The second-order valence-electron chi connectivity index (χ2n) is 4.28. The summed E-state index contributed by atoms with van der Waals surface area (Å²) >= 11 is 4.31. The van der Waals surface area contributed by atoms with Gasteiger partial charge in [0.1, 0.15) is 5.69 Å². The Morgan fingerprint density at radius 1 is 1.43 bits per heavy atom.